The van der Waals surface area contributed by atoms with E-state index in [9.17, 15) is 0 Å². The fraction of sp³-hybridized carbons (Fsp3) is 0.457. The van der Waals surface area contributed by atoms with Crippen LogP contribution in [0.3, 0.4) is 0 Å². The van der Waals surface area contributed by atoms with Crippen molar-refractivity contribution in [1.82, 2.24) is 9.80 Å². The van der Waals surface area contributed by atoms with E-state index in [1.165, 1.54) is 50.1 Å². The van der Waals surface area contributed by atoms with E-state index in [-0.39, 0.29) is 17.2 Å². The van der Waals surface area contributed by atoms with Crippen LogP contribution in [0.25, 0.3) is 22.3 Å². The van der Waals surface area contributed by atoms with E-state index in [1.54, 1.807) is 14.2 Å². The molecule has 0 aliphatic carbocycles. The highest BCUT2D eigenvalue weighted by Crippen LogP contribution is 2.33. The molecule has 0 saturated heterocycles. The van der Waals surface area contributed by atoms with E-state index in [0.29, 0.717) is 0 Å². The van der Waals surface area contributed by atoms with Gasteiger partial charge in [-0.2, -0.15) is 0 Å². The van der Waals surface area contributed by atoms with Gasteiger partial charge in [0, 0.05) is 33.5 Å². The van der Waals surface area contributed by atoms with Gasteiger partial charge in [-0.15, -0.1) is 0 Å². The molecule has 0 fully saturated rings. The summed E-state index contributed by atoms with van der Waals surface area (Å²) in [6.45, 7) is 28.0. The summed E-state index contributed by atoms with van der Waals surface area (Å²) in [5.41, 5.74) is 20.9. The fourth-order valence-corrected chi connectivity index (χ4v) is 5.55. The number of methoxy groups -OCH3 is 2. The predicted octanol–water partition coefficient (Wildman–Crippen LogP) is 11.2. The summed E-state index contributed by atoms with van der Waals surface area (Å²) in [5.74, 6) is 0. The van der Waals surface area contributed by atoms with Crippen LogP contribution in [-0.2, 0) is 20.3 Å². The molecular formula is C46H68N4O2. The number of nitrogens with two attached hydrogens (primary N) is 1. The Labute approximate surface area is 317 Å². The van der Waals surface area contributed by atoms with Gasteiger partial charge < -0.3 is 20.1 Å². The lowest BCUT2D eigenvalue weighted by atomic mass is 9.86. The van der Waals surface area contributed by atoms with Crippen molar-refractivity contribution < 1.29 is 9.47 Å². The lowest BCUT2D eigenvalue weighted by molar-refractivity contribution is -0.186. The number of ether oxygens (including phenoxy) is 2. The zero-order valence-corrected chi connectivity index (χ0v) is 35.2. The normalized spacial score (nSPS) is 11.7. The average molecular weight is 709 g/mol. The van der Waals surface area contributed by atoms with Crippen LogP contribution in [0.2, 0.25) is 0 Å². The van der Waals surface area contributed by atoms with E-state index < -0.39 is 0 Å². The van der Waals surface area contributed by atoms with Gasteiger partial charge in [0.1, 0.15) is 0 Å². The van der Waals surface area contributed by atoms with Gasteiger partial charge in [-0.25, -0.2) is 4.99 Å². The molecule has 284 valence electrons. The number of hydrogen-bond donors (Lipinski definition) is 1. The third kappa shape index (κ3) is 12.9. The van der Waals surface area contributed by atoms with Crippen molar-refractivity contribution in [3.8, 4) is 22.3 Å². The maximum Gasteiger partial charge on any atom is 0.217 e. The molecule has 6 heteroatoms. The third-order valence-corrected chi connectivity index (χ3v) is 9.43. The minimum atomic E-state index is -0.199. The van der Waals surface area contributed by atoms with Crippen molar-refractivity contribution in [3.63, 3.8) is 0 Å². The minimum Gasteiger partial charge on any atom is -0.399 e. The second-order valence-electron chi connectivity index (χ2n) is 15.8. The van der Waals surface area contributed by atoms with Crippen molar-refractivity contribution in [2.45, 2.75) is 100 Å². The second kappa shape index (κ2) is 19.8. The van der Waals surface area contributed by atoms with E-state index in [2.05, 4.69) is 159 Å². The SMILES string of the molecule is CCN(C)C(OC)OC.CCN(C)C=Nc1cc(C)c(-c2ccc(C(C)(C)C)cc2)cc1C.Cc1cc(-c2ccc(C(C)(C)C)cc2)c(C)cc1N. The molecule has 52 heavy (non-hydrogen) atoms. The summed E-state index contributed by atoms with van der Waals surface area (Å²) in [6, 6.07) is 26.5. The Bertz CT molecular complexity index is 1710. The summed E-state index contributed by atoms with van der Waals surface area (Å²) in [5, 5.41) is 0. The van der Waals surface area contributed by atoms with Crippen LogP contribution in [0, 0.1) is 27.7 Å². The molecule has 4 aromatic carbocycles. The zero-order valence-electron chi connectivity index (χ0n) is 35.2. The molecule has 0 aliphatic rings. The van der Waals surface area contributed by atoms with Crippen LogP contribution in [0.15, 0.2) is 77.8 Å². The third-order valence-electron chi connectivity index (χ3n) is 9.43. The maximum atomic E-state index is 5.95. The number of rotatable bonds is 9. The van der Waals surface area contributed by atoms with Crippen LogP contribution in [-0.4, -0.2) is 64.0 Å². The molecule has 0 aliphatic heterocycles. The fourth-order valence-electron chi connectivity index (χ4n) is 5.55. The number of nitrogens with zero attached hydrogens (tertiary/aromatic N) is 3. The quantitative estimate of drug-likeness (QED) is 0.0811. The van der Waals surface area contributed by atoms with Gasteiger partial charge in [0.05, 0.1) is 12.0 Å². The number of aryl methyl sites for hydroxylation is 4. The van der Waals surface area contributed by atoms with Crippen molar-refractivity contribution in [1.29, 1.82) is 0 Å². The molecule has 0 atom stereocenters. The Kier molecular flexibility index (Phi) is 16.8. The number of aliphatic imine (C=N–C) groups is 1. The molecule has 0 bridgehead atoms. The van der Waals surface area contributed by atoms with Gasteiger partial charge in [-0.05, 0) is 139 Å². The lowest BCUT2D eigenvalue weighted by Gasteiger charge is -2.22. The second-order valence-corrected chi connectivity index (χ2v) is 15.8. The summed E-state index contributed by atoms with van der Waals surface area (Å²) in [6.07, 6.45) is 1.70. The zero-order chi connectivity index (χ0) is 39.4. The van der Waals surface area contributed by atoms with Crippen molar-refractivity contribution in [2.75, 3.05) is 47.1 Å². The number of hydrogen-bond acceptors (Lipinski definition) is 5. The Morgan fingerprint density at radius 3 is 1.42 bits per heavy atom. The van der Waals surface area contributed by atoms with Crippen molar-refractivity contribution in [3.05, 3.63) is 106 Å². The Morgan fingerprint density at radius 2 is 1.06 bits per heavy atom. The molecule has 0 saturated carbocycles. The highest BCUT2D eigenvalue weighted by atomic mass is 16.7. The van der Waals surface area contributed by atoms with E-state index in [0.717, 1.165) is 30.0 Å². The molecule has 0 aromatic heterocycles. The van der Waals surface area contributed by atoms with Gasteiger partial charge in [0.2, 0.25) is 6.41 Å². The predicted molar refractivity (Wildman–Crippen MR) is 227 cm³/mol. The number of anilines is 1. The number of benzene rings is 4. The van der Waals surface area contributed by atoms with Crippen LogP contribution < -0.4 is 5.73 Å². The van der Waals surface area contributed by atoms with E-state index in [1.807, 2.05) is 32.3 Å². The largest absolute Gasteiger partial charge is 0.399 e. The van der Waals surface area contributed by atoms with Gasteiger partial charge in [0.15, 0.2) is 0 Å². The molecule has 2 N–H and O–H groups in total. The van der Waals surface area contributed by atoms with E-state index >= 15 is 0 Å². The molecule has 0 radical (unpaired) electrons. The smallest absolute Gasteiger partial charge is 0.217 e. The molecule has 0 amide bonds. The van der Waals surface area contributed by atoms with Crippen molar-refractivity contribution >= 4 is 17.7 Å². The Hall–Kier alpha value is -3.97. The first-order valence-electron chi connectivity index (χ1n) is 18.5. The van der Waals surface area contributed by atoms with Gasteiger partial charge in [-0.3, -0.25) is 4.90 Å². The topological polar surface area (TPSA) is 63.3 Å². The van der Waals surface area contributed by atoms with Crippen LogP contribution in [0.4, 0.5) is 11.4 Å². The first-order valence-corrected chi connectivity index (χ1v) is 18.5. The summed E-state index contributed by atoms with van der Waals surface area (Å²) in [7, 11) is 7.23. The van der Waals surface area contributed by atoms with Crippen molar-refractivity contribution in [2.24, 2.45) is 4.99 Å². The Morgan fingerprint density at radius 1 is 0.635 bits per heavy atom. The highest BCUT2D eigenvalue weighted by Gasteiger charge is 2.15. The van der Waals surface area contributed by atoms with E-state index in [4.69, 9.17) is 15.2 Å². The number of nitrogen functional groups attached to an aromatic ring is 1. The first-order chi connectivity index (χ1) is 24.3. The molecule has 0 spiro atoms. The monoisotopic (exact) mass is 709 g/mol. The molecule has 0 heterocycles. The standard InChI is InChI=1S/C22H30N2.C18H23N.C6H15NO2/c1-8-24(7)15-23-21-14-16(2)20(13-17(21)3)18-9-11-19(12-10-18)22(4,5)6;1-12-11-17(19)13(2)10-16(12)14-6-8-15(9-7-14)18(3,4)5;1-5-7(2)6(8-3)9-4/h9-15H,8H2,1-7H3;6-11H,19H2,1-5H3;6H,5H2,1-4H3. The Balaban J connectivity index is 0.000000298. The highest BCUT2D eigenvalue weighted by molar-refractivity contribution is 5.74. The van der Waals surface area contributed by atoms with Crippen LogP contribution in [0.1, 0.15) is 88.8 Å². The van der Waals surface area contributed by atoms with Crippen LogP contribution >= 0.6 is 0 Å². The van der Waals surface area contributed by atoms with Crippen LogP contribution in [0.5, 0.6) is 0 Å². The van der Waals surface area contributed by atoms with Gasteiger partial charge in [0.25, 0.3) is 0 Å². The van der Waals surface area contributed by atoms with Gasteiger partial charge >= 0.3 is 0 Å². The van der Waals surface area contributed by atoms with Gasteiger partial charge in [-0.1, -0.05) is 97.0 Å². The molecule has 0 unspecified atom stereocenters. The summed E-state index contributed by atoms with van der Waals surface area (Å²) >= 11 is 0. The summed E-state index contributed by atoms with van der Waals surface area (Å²) in [4.78, 5) is 8.66. The molecule has 6 nitrogen and oxygen atoms in total. The molecule has 4 aromatic rings. The maximum absolute atomic E-state index is 5.95. The summed E-state index contributed by atoms with van der Waals surface area (Å²) < 4.78 is 9.91. The minimum absolute atomic E-state index is 0.188. The average Bonchev–Trinajstić information content (AvgIpc) is 3.10. The lowest BCUT2D eigenvalue weighted by Crippen LogP contribution is -2.34. The first kappa shape index (κ1) is 44.2. The molecular weight excluding hydrogens is 641 g/mol. The molecule has 4 rings (SSSR count).